The molecular formula is C28H20ClN7O4S. The van der Waals surface area contributed by atoms with E-state index in [0.29, 0.717) is 38.3 Å². The molecule has 1 aliphatic rings. The highest BCUT2D eigenvalue weighted by Crippen LogP contribution is 2.33. The minimum atomic E-state index is -0.478. The van der Waals surface area contributed by atoms with Crippen molar-refractivity contribution in [3.63, 3.8) is 0 Å². The number of nitro groups is 1. The summed E-state index contributed by atoms with van der Waals surface area (Å²) < 4.78 is 8.70. The van der Waals surface area contributed by atoms with Crippen LogP contribution >= 0.6 is 22.9 Å². The maximum Gasteiger partial charge on any atom is 0.294 e. The summed E-state index contributed by atoms with van der Waals surface area (Å²) in [6.07, 6.45) is 1.59. The predicted octanol–water partition coefficient (Wildman–Crippen LogP) is 5.72. The summed E-state index contributed by atoms with van der Waals surface area (Å²) >= 11 is 7.99. The van der Waals surface area contributed by atoms with Crippen LogP contribution in [0.15, 0.2) is 88.3 Å². The fraction of sp³-hybridized carbons (Fsp3) is 0.0714. The SMILES string of the molecule is Cc1nn(-c2ccccc2)c(Cl)c1C=Nn1c(-c2ccc3c(c2)NC(=O)CO3)csc1=Nc1ccccc1[N+](=O)[O-]. The van der Waals surface area contributed by atoms with E-state index in [1.54, 1.807) is 45.9 Å². The number of aryl methyl sites for hydroxylation is 1. The summed E-state index contributed by atoms with van der Waals surface area (Å²) in [5.74, 6) is 0.303. The average Bonchev–Trinajstić information content (AvgIpc) is 3.51. The van der Waals surface area contributed by atoms with Gasteiger partial charge in [0.15, 0.2) is 6.61 Å². The molecule has 1 aliphatic heterocycles. The largest absolute Gasteiger partial charge is 0.482 e. The van der Waals surface area contributed by atoms with E-state index < -0.39 is 4.92 Å². The van der Waals surface area contributed by atoms with E-state index in [0.717, 1.165) is 11.3 Å². The maximum absolute atomic E-state index is 11.9. The number of halogens is 1. The zero-order valence-corrected chi connectivity index (χ0v) is 23.0. The number of rotatable bonds is 6. The summed E-state index contributed by atoms with van der Waals surface area (Å²) in [4.78, 5) is 28.0. The van der Waals surface area contributed by atoms with Gasteiger partial charge in [0.2, 0.25) is 4.80 Å². The zero-order valence-electron chi connectivity index (χ0n) is 21.4. The van der Waals surface area contributed by atoms with E-state index in [1.807, 2.05) is 48.7 Å². The van der Waals surface area contributed by atoms with Crippen molar-refractivity contribution >= 4 is 52.1 Å². The lowest BCUT2D eigenvalue weighted by Crippen LogP contribution is -2.25. The topological polar surface area (TPSA) is 129 Å². The number of aromatic nitrogens is 3. The molecule has 0 aliphatic carbocycles. The van der Waals surface area contributed by atoms with Crippen LogP contribution in [-0.4, -0.2) is 38.1 Å². The van der Waals surface area contributed by atoms with E-state index in [2.05, 4.69) is 15.4 Å². The Morgan fingerprint density at radius 3 is 2.73 bits per heavy atom. The third-order valence-electron chi connectivity index (χ3n) is 6.24. The van der Waals surface area contributed by atoms with Crippen LogP contribution in [0.5, 0.6) is 5.75 Å². The van der Waals surface area contributed by atoms with Crippen LogP contribution in [0.3, 0.4) is 0 Å². The van der Waals surface area contributed by atoms with Gasteiger partial charge in [0.05, 0.1) is 39.5 Å². The van der Waals surface area contributed by atoms with Crippen molar-refractivity contribution in [3.05, 3.63) is 110 Å². The van der Waals surface area contributed by atoms with Gasteiger partial charge in [-0.15, -0.1) is 11.3 Å². The number of carbonyl (C=O) groups excluding carboxylic acids is 1. The third-order valence-corrected chi connectivity index (χ3v) is 7.42. The Labute approximate surface area is 241 Å². The number of amides is 1. The summed E-state index contributed by atoms with van der Waals surface area (Å²) in [6.45, 7) is 1.78. The fourth-order valence-electron chi connectivity index (χ4n) is 4.26. The molecule has 1 N–H and O–H groups in total. The Morgan fingerprint density at radius 1 is 1.15 bits per heavy atom. The van der Waals surface area contributed by atoms with E-state index in [-0.39, 0.29) is 23.9 Å². The van der Waals surface area contributed by atoms with Gasteiger partial charge in [-0.1, -0.05) is 41.9 Å². The first-order chi connectivity index (χ1) is 19.9. The summed E-state index contributed by atoms with van der Waals surface area (Å²) in [6, 6.07) is 21.1. The van der Waals surface area contributed by atoms with Crippen LogP contribution < -0.4 is 14.9 Å². The molecule has 0 spiro atoms. The molecule has 11 nitrogen and oxygen atoms in total. The van der Waals surface area contributed by atoms with Crippen molar-refractivity contribution in [2.45, 2.75) is 6.92 Å². The summed E-state index contributed by atoms with van der Waals surface area (Å²) in [5.41, 5.74) is 4.00. The van der Waals surface area contributed by atoms with Gasteiger partial charge in [-0.05, 0) is 43.3 Å². The number of hydrogen-bond donors (Lipinski definition) is 1. The van der Waals surface area contributed by atoms with E-state index in [9.17, 15) is 14.9 Å². The maximum atomic E-state index is 11.9. The Hall–Kier alpha value is -5.07. The lowest BCUT2D eigenvalue weighted by atomic mass is 10.1. The molecule has 6 rings (SSSR count). The molecule has 2 aromatic heterocycles. The van der Waals surface area contributed by atoms with Crippen molar-refractivity contribution < 1.29 is 14.5 Å². The van der Waals surface area contributed by atoms with Crippen molar-refractivity contribution in [2.24, 2.45) is 10.1 Å². The van der Waals surface area contributed by atoms with Crippen LogP contribution in [0.4, 0.5) is 17.1 Å². The Balaban J connectivity index is 1.50. The molecule has 0 radical (unpaired) electrons. The second-order valence-corrected chi connectivity index (χ2v) is 10.1. The Morgan fingerprint density at radius 2 is 1.93 bits per heavy atom. The molecule has 5 aromatic rings. The molecular weight excluding hydrogens is 566 g/mol. The second kappa shape index (κ2) is 10.8. The quantitative estimate of drug-likeness (QED) is 0.155. The molecule has 0 fully saturated rings. The Kier molecular flexibility index (Phi) is 6.91. The first-order valence-corrected chi connectivity index (χ1v) is 13.6. The number of benzene rings is 3. The number of para-hydroxylation sites is 3. The van der Waals surface area contributed by atoms with Crippen molar-refractivity contribution in [3.8, 4) is 22.7 Å². The number of nitrogens with one attached hydrogen (secondary N) is 1. The molecule has 3 aromatic carbocycles. The number of nitrogens with zero attached hydrogens (tertiary/aromatic N) is 6. The number of fused-ring (bicyclic) bond motifs is 1. The van der Waals surface area contributed by atoms with Crippen molar-refractivity contribution in [2.75, 3.05) is 11.9 Å². The van der Waals surface area contributed by atoms with Gasteiger partial charge in [-0.25, -0.2) is 14.4 Å². The van der Waals surface area contributed by atoms with E-state index in [4.69, 9.17) is 21.4 Å². The smallest absolute Gasteiger partial charge is 0.294 e. The molecule has 1 amide bonds. The van der Waals surface area contributed by atoms with Crippen LogP contribution in [0.1, 0.15) is 11.3 Å². The lowest BCUT2D eigenvalue weighted by molar-refractivity contribution is -0.384. The molecule has 0 bridgehead atoms. The molecule has 41 heavy (non-hydrogen) atoms. The third kappa shape index (κ3) is 5.13. The molecule has 204 valence electrons. The standard InChI is InChI=1S/C28H20ClN7O4S/c1-17-20(27(29)34(33-17)19-7-3-2-4-8-19)14-30-35-24(18-11-12-25-22(13-18)31-26(37)15-40-25)16-41-28(35)32-21-9-5-6-10-23(21)36(38)39/h2-14,16H,15H2,1H3,(H,31,37). The van der Waals surface area contributed by atoms with E-state index >= 15 is 0 Å². The van der Waals surface area contributed by atoms with Crippen molar-refractivity contribution in [1.29, 1.82) is 0 Å². The van der Waals surface area contributed by atoms with Gasteiger partial charge in [-0.2, -0.15) is 10.2 Å². The Bertz CT molecular complexity index is 1910. The van der Waals surface area contributed by atoms with E-state index in [1.165, 1.54) is 17.4 Å². The summed E-state index contributed by atoms with van der Waals surface area (Å²) in [5, 5.41) is 25.9. The number of nitro benzene ring substituents is 1. The molecule has 3 heterocycles. The summed E-state index contributed by atoms with van der Waals surface area (Å²) in [7, 11) is 0. The monoisotopic (exact) mass is 585 g/mol. The number of anilines is 1. The fourth-order valence-corrected chi connectivity index (χ4v) is 5.43. The predicted molar refractivity (Wildman–Crippen MR) is 156 cm³/mol. The van der Waals surface area contributed by atoms with Gasteiger partial charge >= 0.3 is 0 Å². The highest BCUT2D eigenvalue weighted by Gasteiger charge is 2.19. The first-order valence-electron chi connectivity index (χ1n) is 12.3. The van der Waals surface area contributed by atoms with Crippen LogP contribution in [0.25, 0.3) is 16.9 Å². The second-order valence-electron chi connectivity index (χ2n) is 8.90. The molecule has 0 atom stereocenters. The normalized spacial score (nSPS) is 13.2. The molecule has 0 saturated heterocycles. The van der Waals surface area contributed by atoms with Crippen LogP contribution in [0, 0.1) is 17.0 Å². The minimum Gasteiger partial charge on any atom is -0.482 e. The van der Waals surface area contributed by atoms with Gasteiger partial charge < -0.3 is 10.1 Å². The van der Waals surface area contributed by atoms with Crippen LogP contribution in [0.2, 0.25) is 5.15 Å². The number of hydrogen-bond acceptors (Lipinski definition) is 8. The zero-order chi connectivity index (χ0) is 28.5. The van der Waals surface area contributed by atoms with Gasteiger partial charge in [0.1, 0.15) is 16.6 Å². The van der Waals surface area contributed by atoms with Gasteiger partial charge in [0, 0.05) is 17.0 Å². The molecule has 0 unspecified atom stereocenters. The average molecular weight is 586 g/mol. The van der Waals surface area contributed by atoms with Gasteiger partial charge in [0.25, 0.3) is 11.6 Å². The van der Waals surface area contributed by atoms with Crippen LogP contribution in [-0.2, 0) is 4.79 Å². The lowest BCUT2D eigenvalue weighted by Gasteiger charge is -2.18. The highest BCUT2D eigenvalue weighted by molar-refractivity contribution is 7.07. The number of carbonyl (C=O) groups is 1. The number of thiazole rings is 1. The van der Waals surface area contributed by atoms with Gasteiger partial charge in [-0.3, -0.25) is 14.9 Å². The molecule has 13 heteroatoms. The highest BCUT2D eigenvalue weighted by atomic mass is 35.5. The minimum absolute atomic E-state index is 0.0508. The molecule has 0 saturated carbocycles. The number of ether oxygens (including phenoxy) is 1. The van der Waals surface area contributed by atoms with Crippen molar-refractivity contribution in [1.82, 2.24) is 14.5 Å². The first kappa shape index (κ1) is 26.2.